The summed E-state index contributed by atoms with van der Waals surface area (Å²) in [6.07, 6.45) is 1.67. The number of hydrogen-bond acceptors (Lipinski definition) is 2. The fourth-order valence-electron chi connectivity index (χ4n) is 2.43. The maximum Gasteiger partial charge on any atom is 0.152 e. The monoisotopic (exact) mass is 258 g/mol. The van der Waals surface area contributed by atoms with Crippen LogP contribution in [0.1, 0.15) is 19.8 Å². The van der Waals surface area contributed by atoms with E-state index in [1.165, 1.54) is 0 Å². The lowest BCUT2D eigenvalue weighted by atomic mass is 10.0. The molecule has 1 N–H and O–H groups in total. The topological polar surface area (TPSA) is 15.3 Å². The minimum atomic E-state index is -0.878. The Hall–Kier alpha value is -1.23. The van der Waals surface area contributed by atoms with E-state index >= 15 is 0 Å². The second-order valence-electron chi connectivity index (χ2n) is 4.54. The molecule has 1 aliphatic heterocycles. The number of piperidine rings is 1. The third-order valence-electron chi connectivity index (χ3n) is 3.29. The molecule has 1 aliphatic rings. The number of benzene rings is 1. The van der Waals surface area contributed by atoms with Crippen molar-refractivity contribution >= 4 is 5.69 Å². The minimum absolute atomic E-state index is 0.105. The molecule has 1 saturated heterocycles. The molecule has 18 heavy (non-hydrogen) atoms. The summed E-state index contributed by atoms with van der Waals surface area (Å²) in [5, 5.41) is 3.32. The molecule has 0 radical (unpaired) electrons. The lowest BCUT2D eigenvalue weighted by Crippen LogP contribution is -2.43. The zero-order valence-corrected chi connectivity index (χ0v) is 10.3. The summed E-state index contributed by atoms with van der Waals surface area (Å²) in [4.78, 5) is 1.65. The standard InChI is InChI=1S/C13H17F3N2/c1-2-17-10-3-5-18(6-4-10)13-11(15)7-9(14)8-12(13)16/h7-8,10,17H,2-6H2,1H3. The normalized spacial score (nSPS) is 17.2. The molecule has 2 nitrogen and oxygen atoms in total. The third kappa shape index (κ3) is 2.77. The van der Waals surface area contributed by atoms with E-state index in [9.17, 15) is 13.2 Å². The van der Waals surface area contributed by atoms with E-state index in [4.69, 9.17) is 0 Å². The lowest BCUT2D eigenvalue weighted by molar-refractivity contribution is 0.416. The maximum absolute atomic E-state index is 13.6. The van der Waals surface area contributed by atoms with E-state index in [1.807, 2.05) is 6.92 Å². The predicted molar refractivity (Wildman–Crippen MR) is 65.2 cm³/mol. The molecule has 0 unspecified atom stereocenters. The first-order chi connectivity index (χ1) is 8.61. The minimum Gasteiger partial charge on any atom is -0.367 e. The van der Waals surface area contributed by atoms with Crippen LogP contribution in [0, 0.1) is 17.5 Å². The maximum atomic E-state index is 13.6. The second kappa shape index (κ2) is 5.61. The molecule has 0 atom stereocenters. The Balaban J connectivity index is 2.10. The van der Waals surface area contributed by atoms with Gasteiger partial charge in [0.25, 0.3) is 0 Å². The van der Waals surface area contributed by atoms with Crippen molar-refractivity contribution in [2.45, 2.75) is 25.8 Å². The molecule has 0 aromatic heterocycles. The van der Waals surface area contributed by atoms with Gasteiger partial charge in [0.15, 0.2) is 11.6 Å². The smallest absolute Gasteiger partial charge is 0.152 e. The predicted octanol–water partition coefficient (Wildman–Crippen LogP) is 2.68. The quantitative estimate of drug-likeness (QED) is 0.896. The van der Waals surface area contributed by atoms with Gasteiger partial charge >= 0.3 is 0 Å². The number of nitrogens with zero attached hydrogens (tertiary/aromatic N) is 1. The number of halogens is 3. The van der Waals surface area contributed by atoms with Gasteiger partial charge in [0.05, 0.1) is 0 Å². The zero-order chi connectivity index (χ0) is 13.1. The Bertz CT molecular complexity index is 392. The first-order valence-corrected chi connectivity index (χ1v) is 6.24. The molecule has 1 fully saturated rings. The molecule has 0 amide bonds. The highest BCUT2D eigenvalue weighted by Crippen LogP contribution is 2.27. The van der Waals surface area contributed by atoms with E-state index in [0.717, 1.165) is 31.5 Å². The van der Waals surface area contributed by atoms with Gasteiger partial charge in [-0.25, -0.2) is 13.2 Å². The van der Waals surface area contributed by atoms with E-state index in [-0.39, 0.29) is 5.69 Å². The van der Waals surface area contributed by atoms with Crippen LogP contribution < -0.4 is 10.2 Å². The number of nitrogens with one attached hydrogen (secondary N) is 1. The zero-order valence-electron chi connectivity index (χ0n) is 10.3. The highest BCUT2D eigenvalue weighted by Gasteiger charge is 2.23. The average Bonchev–Trinajstić information content (AvgIpc) is 2.30. The number of anilines is 1. The molecule has 100 valence electrons. The first kappa shape index (κ1) is 13.2. The van der Waals surface area contributed by atoms with Gasteiger partial charge < -0.3 is 10.2 Å². The van der Waals surface area contributed by atoms with Crippen molar-refractivity contribution in [2.24, 2.45) is 0 Å². The Labute approximate surface area is 105 Å². The van der Waals surface area contributed by atoms with Gasteiger partial charge in [-0.2, -0.15) is 0 Å². The lowest BCUT2D eigenvalue weighted by Gasteiger charge is -2.34. The fourth-order valence-corrected chi connectivity index (χ4v) is 2.43. The van der Waals surface area contributed by atoms with Crippen molar-refractivity contribution < 1.29 is 13.2 Å². The van der Waals surface area contributed by atoms with Crippen molar-refractivity contribution in [3.8, 4) is 0 Å². The summed E-state index contributed by atoms with van der Waals surface area (Å²) >= 11 is 0. The third-order valence-corrected chi connectivity index (χ3v) is 3.29. The van der Waals surface area contributed by atoms with Crippen LogP contribution in [0.15, 0.2) is 12.1 Å². The van der Waals surface area contributed by atoms with Gasteiger partial charge in [0.2, 0.25) is 0 Å². The molecule has 0 aliphatic carbocycles. The van der Waals surface area contributed by atoms with E-state index in [1.54, 1.807) is 4.90 Å². The van der Waals surface area contributed by atoms with Gasteiger partial charge in [0.1, 0.15) is 11.5 Å². The summed E-state index contributed by atoms with van der Waals surface area (Å²) in [5.41, 5.74) is -0.105. The van der Waals surface area contributed by atoms with Crippen molar-refractivity contribution in [1.82, 2.24) is 5.32 Å². The molecule has 1 heterocycles. The van der Waals surface area contributed by atoms with Crippen LogP contribution in [0.4, 0.5) is 18.9 Å². The average molecular weight is 258 g/mol. The Morgan fingerprint density at radius 2 is 1.72 bits per heavy atom. The van der Waals surface area contributed by atoms with E-state index in [2.05, 4.69) is 5.32 Å². The fraction of sp³-hybridized carbons (Fsp3) is 0.538. The largest absolute Gasteiger partial charge is 0.367 e. The highest BCUT2D eigenvalue weighted by atomic mass is 19.1. The first-order valence-electron chi connectivity index (χ1n) is 6.24. The summed E-state index contributed by atoms with van der Waals surface area (Å²) in [6, 6.07) is 1.86. The number of rotatable bonds is 3. The Kier molecular flexibility index (Phi) is 4.11. The van der Waals surface area contributed by atoms with E-state index in [0.29, 0.717) is 19.1 Å². The van der Waals surface area contributed by atoms with Crippen molar-refractivity contribution in [1.29, 1.82) is 0 Å². The van der Waals surface area contributed by atoms with Crippen LogP contribution in [0.5, 0.6) is 0 Å². The molecule has 0 bridgehead atoms. The van der Waals surface area contributed by atoms with Crippen LogP contribution in [0.2, 0.25) is 0 Å². The summed E-state index contributed by atoms with van der Waals surface area (Å²) in [5.74, 6) is -2.53. The van der Waals surface area contributed by atoms with Crippen molar-refractivity contribution in [3.05, 3.63) is 29.6 Å². The molecule has 1 aromatic rings. The molecule has 5 heteroatoms. The Morgan fingerprint density at radius 1 is 1.17 bits per heavy atom. The van der Waals surface area contributed by atoms with Crippen LogP contribution in [0.25, 0.3) is 0 Å². The van der Waals surface area contributed by atoms with E-state index < -0.39 is 17.5 Å². The van der Waals surface area contributed by atoms with Crippen molar-refractivity contribution in [2.75, 3.05) is 24.5 Å². The van der Waals surface area contributed by atoms with Crippen LogP contribution in [0.3, 0.4) is 0 Å². The summed E-state index contributed by atoms with van der Waals surface area (Å²) in [7, 11) is 0. The molecular formula is C13H17F3N2. The van der Waals surface area contributed by atoms with Crippen LogP contribution >= 0.6 is 0 Å². The van der Waals surface area contributed by atoms with Gasteiger partial charge in [0, 0.05) is 31.3 Å². The molecular weight excluding hydrogens is 241 g/mol. The number of hydrogen-bond donors (Lipinski definition) is 1. The highest BCUT2D eigenvalue weighted by molar-refractivity contribution is 5.49. The van der Waals surface area contributed by atoms with Gasteiger partial charge in [-0.05, 0) is 19.4 Å². The SMILES string of the molecule is CCNC1CCN(c2c(F)cc(F)cc2F)CC1. The molecule has 0 saturated carbocycles. The Morgan fingerprint density at radius 3 is 2.22 bits per heavy atom. The summed E-state index contributed by atoms with van der Waals surface area (Å²) < 4.78 is 40.0. The van der Waals surface area contributed by atoms with Gasteiger partial charge in [-0.15, -0.1) is 0 Å². The van der Waals surface area contributed by atoms with Crippen LogP contribution in [-0.4, -0.2) is 25.7 Å². The van der Waals surface area contributed by atoms with Crippen molar-refractivity contribution in [3.63, 3.8) is 0 Å². The second-order valence-corrected chi connectivity index (χ2v) is 4.54. The van der Waals surface area contributed by atoms with Gasteiger partial charge in [-0.1, -0.05) is 6.92 Å². The molecule has 2 rings (SSSR count). The van der Waals surface area contributed by atoms with Gasteiger partial charge in [-0.3, -0.25) is 0 Å². The molecule has 1 aromatic carbocycles. The summed E-state index contributed by atoms with van der Waals surface area (Å²) in [6.45, 7) is 4.09. The van der Waals surface area contributed by atoms with Crippen LogP contribution in [-0.2, 0) is 0 Å². The molecule has 0 spiro atoms.